The van der Waals surface area contributed by atoms with Crippen molar-refractivity contribution in [1.29, 1.82) is 5.26 Å². The molecule has 4 rings (SSSR count). The average Bonchev–Trinajstić information content (AvgIpc) is 3.02. The van der Waals surface area contributed by atoms with Gasteiger partial charge in [0.05, 0.1) is 37.5 Å². The van der Waals surface area contributed by atoms with Gasteiger partial charge in [-0.25, -0.2) is 13.8 Å². The lowest BCUT2D eigenvalue weighted by Gasteiger charge is -2.42. The van der Waals surface area contributed by atoms with Gasteiger partial charge in [0.1, 0.15) is 17.6 Å². The highest BCUT2D eigenvalue weighted by Gasteiger charge is 2.46. The van der Waals surface area contributed by atoms with E-state index < -0.39 is 12.5 Å². The Labute approximate surface area is 191 Å². The molecule has 2 aliphatic rings. The van der Waals surface area contributed by atoms with E-state index >= 15 is 0 Å². The SMILES string of the molecule is COc1cncc(C(NCC(=O)N2CC3C[C@H](C)C(C2)N3c2ccc(C#N)cn2)C(F)F)c1. The van der Waals surface area contributed by atoms with E-state index in [2.05, 4.69) is 33.2 Å². The third-order valence-electron chi connectivity index (χ3n) is 6.44. The fourth-order valence-corrected chi connectivity index (χ4v) is 4.77. The van der Waals surface area contributed by atoms with Crippen LogP contribution in [0.15, 0.2) is 36.8 Å². The first-order chi connectivity index (χ1) is 15.9. The molecule has 174 valence electrons. The van der Waals surface area contributed by atoms with Crippen LogP contribution in [0.4, 0.5) is 14.6 Å². The van der Waals surface area contributed by atoms with Crippen molar-refractivity contribution in [3.63, 3.8) is 0 Å². The number of carbonyl (C=O) groups excluding carboxylic acids is 1. The van der Waals surface area contributed by atoms with Gasteiger partial charge in [0.15, 0.2) is 0 Å². The number of nitriles is 1. The van der Waals surface area contributed by atoms with Gasteiger partial charge in [-0.15, -0.1) is 0 Å². The lowest BCUT2D eigenvalue weighted by atomic mass is 10.0. The van der Waals surface area contributed by atoms with Crippen molar-refractivity contribution in [1.82, 2.24) is 20.2 Å². The number of halogens is 2. The summed E-state index contributed by atoms with van der Waals surface area (Å²) in [5.41, 5.74) is 0.765. The number of ether oxygens (including phenoxy) is 1. The first-order valence-corrected chi connectivity index (χ1v) is 10.8. The predicted molar refractivity (Wildman–Crippen MR) is 117 cm³/mol. The molecule has 2 saturated heterocycles. The lowest BCUT2D eigenvalue weighted by Crippen LogP contribution is -2.57. The second-order valence-electron chi connectivity index (χ2n) is 8.51. The van der Waals surface area contributed by atoms with Gasteiger partial charge in [0.25, 0.3) is 6.43 Å². The van der Waals surface area contributed by atoms with Crippen LogP contribution in [0.3, 0.4) is 0 Å². The molecule has 4 atom stereocenters. The summed E-state index contributed by atoms with van der Waals surface area (Å²) in [5.74, 6) is 1.31. The third kappa shape index (κ3) is 4.73. The fraction of sp³-hybridized carbons (Fsp3) is 0.478. The standard InChI is InChI=1S/C23H26F2N6O2/c1-14-5-17-12-30(13-19(14)31(17)20-4-3-15(7-26)8-28-20)21(32)11-29-22(23(24)25)16-6-18(33-2)10-27-9-16/h3-4,6,8-10,14,17,19,22-23,29H,5,11-13H2,1-2H3/t14-,17?,19?,22?/m0/s1. The number of pyridine rings is 2. The second-order valence-corrected chi connectivity index (χ2v) is 8.51. The summed E-state index contributed by atoms with van der Waals surface area (Å²) in [7, 11) is 1.44. The fourth-order valence-electron chi connectivity index (χ4n) is 4.77. The minimum absolute atomic E-state index is 0.0848. The number of rotatable bonds is 7. The summed E-state index contributed by atoms with van der Waals surface area (Å²) in [6, 6.07) is 6.00. The molecule has 2 aromatic heterocycles. The molecule has 1 amide bonds. The molecule has 1 N–H and O–H groups in total. The van der Waals surface area contributed by atoms with Crippen molar-refractivity contribution in [3.05, 3.63) is 47.9 Å². The summed E-state index contributed by atoms with van der Waals surface area (Å²) in [5, 5.41) is 11.7. The first-order valence-electron chi connectivity index (χ1n) is 10.8. The minimum Gasteiger partial charge on any atom is -0.495 e. The Morgan fingerprint density at radius 1 is 1.33 bits per heavy atom. The van der Waals surface area contributed by atoms with Crippen molar-refractivity contribution in [3.8, 4) is 11.8 Å². The van der Waals surface area contributed by atoms with Crippen molar-refractivity contribution in [2.75, 3.05) is 31.6 Å². The van der Waals surface area contributed by atoms with E-state index in [-0.39, 0.29) is 30.1 Å². The van der Waals surface area contributed by atoms with Crippen LogP contribution in [0.25, 0.3) is 0 Å². The van der Waals surface area contributed by atoms with Gasteiger partial charge in [0, 0.05) is 31.5 Å². The highest BCUT2D eigenvalue weighted by Crippen LogP contribution is 2.37. The predicted octanol–water partition coefficient (Wildman–Crippen LogP) is 2.38. The van der Waals surface area contributed by atoms with Crippen molar-refractivity contribution in [2.45, 2.75) is 37.9 Å². The molecule has 0 aliphatic carbocycles. The summed E-state index contributed by atoms with van der Waals surface area (Å²) in [6.45, 7) is 2.95. The van der Waals surface area contributed by atoms with Gasteiger partial charge >= 0.3 is 0 Å². The van der Waals surface area contributed by atoms with E-state index in [1.165, 1.54) is 25.6 Å². The molecule has 33 heavy (non-hydrogen) atoms. The zero-order chi connectivity index (χ0) is 23.5. The molecule has 2 bridgehead atoms. The molecule has 0 aromatic carbocycles. The van der Waals surface area contributed by atoms with Crippen LogP contribution in [0.5, 0.6) is 5.75 Å². The average molecular weight is 456 g/mol. The quantitative estimate of drug-likeness (QED) is 0.684. The van der Waals surface area contributed by atoms with Crippen molar-refractivity contribution < 1.29 is 18.3 Å². The minimum atomic E-state index is -2.71. The van der Waals surface area contributed by atoms with E-state index in [0.717, 1.165) is 12.2 Å². The van der Waals surface area contributed by atoms with Crippen LogP contribution in [0, 0.1) is 17.2 Å². The molecule has 4 heterocycles. The number of alkyl halides is 2. The van der Waals surface area contributed by atoms with E-state index in [4.69, 9.17) is 10.00 Å². The summed E-state index contributed by atoms with van der Waals surface area (Å²) >= 11 is 0. The van der Waals surface area contributed by atoms with E-state index in [1.807, 2.05) is 6.07 Å². The Kier molecular flexibility index (Phi) is 6.70. The van der Waals surface area contributed by atoms with Crippen molar-refractivity contribution >= 4 is 11.7 Å². The normalized spacial score (nSPS) is 22.8. The molecule has 0 spiro atoms. The van der Waals surface area contributed by atoms with Crippen LogP contribution < -0.4 is 15.0 Å². The number of hydrogen-bond acceptors (Lipinski definition) is 7. The maximum absolute atomic E-state index is 13.7. The van der Waals surface area contributed by atoms with Gasteiger partial charge in [-0.1, -0.05) is 6.92 Å². The Morgan fingerprint density at radius 2 is 2.15 bits per heavy atom. The summed E-state index contributed by atoms with van der Waals surface area (Å²) < 4.78 is 32.5. The maximum Gasteiger partial charge on any atom is 0.257 e. The van der Waals surface area contributed by atoms with Crippen LogP contribution in [-0.2, 0) is 4.79 Å². The van der Waals surface area contributed by atoms with Crippen LogP contribution in [0.2, 0.25) is 0 Å². The highest BCUT2D eigenvalue weighted by atomic mass is 19.3. The number of nitrogens with one attached hydrogen (secondary N) is 1. The Morgan fingerprint density at radius 3 is 2.79 bits per heavy atom. The topological polar surface area (TPSA) is 94.4 Å². The smallest absolute Gasteiger partial charge is 0.257 e. The number of anilines is 1. The third-order valence-corrected chi connectivity index (χ3v) is 6.44. The molecule has 8 nitrogen and oxygen atoms in total. The van der Waals surface area contributed by atoms with Gasteiger partial charge in [-0.2, -0.15) is 5.26 Å². The number of likely N-dealkylation sites (tertiary alicyclic amines) is 1. The van der Waals surface area contributed by atoms with Crippen LogP contribution in [-0.4, -0.2) is 66.0 Å². The van der Waals surface area contributed by atoms with E-state index in [9.17, 15) is 13.6 Å². The molecule has 2 aromatic rings. The number of fused-ring (bicyclic) bond motifs is 2. The number of piperazine rings is 1. The van der Waals surface area contributed by atoms with Gasteiger partial charge in [-0.05, 0) is 36.1 Å². The van der Waals surface area contributed by atoms with Crippen LogP contribution in [0.1, 0.15) is 30.5 Å². The Hall–Kier alpha value is -3.32. The summed E-state index contributed by atoms with van der Waals surface area (Å²) in [6.07, 6.45) is 2.55. The monoisotopic (exact) mass is 456 g/mol. The molecule has 2 aliphatic heterocycles. The number of hydrogen-bond donors (Lipinski definition) is 1. The first kappa shape index (κ1) is 22.9. The highest BCUT2D eigenvalue weighted by molar-refractivity contribution is 5.79. The molecule has 0 radical (unpaired) electrons. The lowest BCUT2D eigenvalue weighted by molar-refractivity contribution is -0.131. The van der Waals surface area contributed by atoms with E-state index in [1.54, 1.807) is 17.2 Å². The molecular weight excluding hydrogens is 430 g/mol. The van der Waals surface area contributed by atoms with Gasteiger partial charge in [0.2, 0.25) is 5.91 Å². The van der Waals surface area contributed by atoms with Gasteiger partial charge in [-0.3, -0.25) is 15.1 Å². The second kappa shape index (κ2) is 9.67. The number of aromatic nitrogens is 2. The molecular formula is C23H26F2N6O2. The molecule has 2 fully saturated rings. The Balaban J connectivity index is 1.42. The number of nitrogens with zero attached hydrogens (tertiary/aromatic N) is 5. The zero-order valence-corrected chi connectivity index (χ0v) is 18.5. The number of carbonyl (C=O) groups is 1. The zero-order valence-electron chi connectivity index (χ0n) is 18.5. The van der Waals surface area contributed by atoms with Crippen molar-refractivity contribution in [2.24, 2.45) is 5.92 Å². The largest absolute Gasteiger partial charge is 0.495 e. The van der Waals surface area contributed by atoms with E-state index in [0.29, 0.717) is 30.3 Å². The molecule has 0 saturated carbocycles. The maximum atomic E-state index is 13.7. The van der Waals surface area contributed by atoms with Gasteiger partial charge < -0.3 is 14.5 Å². The number of methoxy groups -OCH3 is 1. The van der Waals surface area contributed by atoms with Crippen LogP contribution >= 0.6 is 0 Å². The Bertz CT molecular complexity index is 1030. The number of amides is 1. The molecule has 3 unspecified atom stereocenters. The summed E-state index contributed by atoms with van der Waals surface area (Å²) in [4.78, 5) is 25.3. The molecule has 10 heteroatoms.